The first-order chi connectivity index (χ1) is 19.9. The molecule has 0 fully saturated rings. The second-order valence-corrected chi connectivity index (χ2v) is 10.3. The Bertz CT molecular complexity index is 798. The van der Waals surface area contributed by atoms with Crippen LogP contribution in [-0.2, 0) is 28.7 Å². The highest BCUT2D eigenvalue weighted by Gasteiger charge is 2.03. The lowest BCUT2D eigenvalue weighted by Gasteiger charge is -2.05. The Hall–Kier alpha value is -3.16. The zero-order valence-corrected chi connectivity index (χ0v) is 26.8. The van der Waals surface area contributed by atoms with Crippen LogP contribution in [0.25, 0.3) is 0 Å². The highest BCUT2D eigenvalue weighted by Crippen LogP contribution is 2.13. The second-order valence-electron chi connectivity index (χ2n) is 10.3. The number of unbranched alkanes of at least 4 members (excludes halogenated alkanes) is 15. The molecule has 8 heteroatoms. The second kappa shape index (κ2) is 32.4. The molecule has 0 aliphatic rings. The molecule has 0 rings (SSSR count). The molecule has 0 heterocycles. The molecule has 0 saturated heterocycles. The summed E-state index contributed by atoms with van der Waals surface area (Å²) >= 11 is 0. The number of carboxylic acid groups (broad SMARTS) is 2. The van der Waals surface area contributed by atoms with Gasteiger partial charge in [0.25, 0.3) is 0 Å². The van der Waals surface area contributed by atoms with Crippen molar-refractivity contribution in [1.29, 1.82) is 0 Å². The van der Waals surface area contributed by atoms with Gasteiger partial charge in [0.15, 0.2) is 0 Å². The van der Waals surface area contributed by atoms with Crippen molar-refractivity contribution in [2.45, 2.75) is 130 Å². The summed E-state index contributed by atoms with van der Waals surface area (Å²) in [6.45, 7) is 16.1. The Balaban J connectivity index is -0.000000695. The Morgan fingerprint density at radius 2 is 1.02 bits per heavy atom. The largest absolute Gasteiger partial charge is 0.478 e. The van der Waals surface area contributed by atoms with Crippen molar-refractivity contribution < 1.29 is 38.9 Å². The fourth-order valence-electron chi connectivity index (χ4n) is 3.47. The monoisotopic (exact) mass is 594 g/mol. The highest BCUT2D eigenvalue weighted by atomic mass is 16.5. The molecular weight excluding hydrogens is 536 g/mol. The van der Waals surface area contributed by atoms with Crippen LogP contribution in [0.2, 0.25) is 0 Å². The summed E-state index contributed by atoms with van der Waals surface area (Å²) in [6.07, 6.45) is 24.2. The average Bonchev–Trinajstić information content (AvgIpc) is 2.94. The van der Waals surface area contributed by atoms with Crippen molar-refractivity contribution in [3.63, 3.8) is 0 Å². The van der Waals surface area contributed by atoms with Crippen molar-refractivity contribution in [2.24, 2.45) is 0 Å². The van der Waals surface area contributed by atoms with Crippen LogP contribution in [0, 0.1) is 0 Å². The van der Waals surface area contributed by atoms with E-state index in [0.717, 1.165) is 12.5 Å². The number of hydrogen-bond donors (Lipinski definition) is 2. The van der Waals surface area contributed by atoms with Gasteiger partial charge >= 0.3 is 23.9 Å². The number of aliphatic carboxylic acids is 2. The minimum absolute atomic E-state index is 0.176. The first kappa shape index (κ1) is 43.3. The zero-order chi connectivity index (χ0) is 32.6. The quantitative estimate of drug-likeness (QED) is 0.0683. The van der Waals surface area contributed by atoms with Crippen LogP contribution in [0.5, 0.6) is 0 Å². The van der Waals surface area contributed by atoms with Gasteiger partial charge in [-0.25, -0.2) is 19.2 Å². The smallest absolute Gasteiger partial charge is 0.333 e. The van der Waals surface area contributed by atoms with Gasteiger partial charge in [-0.15, -0.1) is 0 Å². The lowest BCUT2D eigenvalue weighted by atomic mass is 10.0. The van der Waals surface area contributed by atoms with Gasteiger partial charge in [-0.05, 0) is 26.7 Å². The van der Waals surface area contributed by atoms with E-state index >= 15 is 0 Å². The van der Waals surface area contributed by atoms with E-state index in [-0.39, 0.29) is 23.5 Å². The van der Waals surface area contributed by atoms with Gasteiger partial charge in [-0.3, -0.25) is 0 Å². The Kier molecular flexibility index (Phi) is 33.4. The Morgan fingerprint density at radius 3 is 1.33 bits per heavy atom. The van der Waals surface area contributed by atoms with Gasteiger partial charge < -0.3 is 19.7 Å². The molecule has 0 aromatic carbocycles. The Labute approximate surface area is 254 Å². The van der Waals surface area contributed by atoms with Crippen LogP contribution in [0.15, 0.2) is 48.6 Å². The predicted molar refractivity (Wildman–Crippen MR) is 170 cm³/mol. The fraction of sp³-hybridized carbons (Fsp3) is 0.647. The number of carbonyl (C=O) groups excluding carboxylic acids is 2. The number of hydrogen-bond acceptors (Lipinski definition) is 6. The molecule has 42 heavy (non-hydrogen) atoms. The van der Waals surface area contributed by atoms with Gasteiger partial charge in [-0.2, -0.15) is 0 Å². The predicted octanol–water partition coefficient (Wildman–Crippen LogP) is 8.76. The molecule has 0 spiro atoms. The van der Waals surface area contributed by atoms with Crippen LogP contribution in [-0.4, -0.2) is 47.8 Å². The van der Waals surface area contributed by atoms with Crippen LogP contribution in [0.3, 0.4) is 0 Å². The third-order valence-corrected chi connectivity index (χ3v) is 6.04. The maximum Gasteiger partial charge on any atom is 0.333 e. The maximum absolute atomic E-state index is 11.2. The summed E-state index contributed by atoms with van der Waals surface area (Å²) < 4.78 is 9.43. The molecule has 0 unspecified atom stereocenters. The molecular formula is C34H58O8. The SMILES string of the molecule is C=C(C)C(=O)O.C=C(C)C(=O)OCCCCCCCCCCCCCCCCCC.C=C(CC=CC(=O)O)C(=O)OC. The molecule has 0 radical (unpaired) electrons. The van der Waals surface area contributed by atoms with Crippen LogP contribution < -0.4 is 0 Å². The van der Waals surface area contributed by atoms with Crippen molar-refractivity contribution in [2.75, 3.05) is 13.7 Å². The molecule has 0 saturated carbocycles. The van der Waals surface area contributed by atoms with Crippen molar-refractivity contribution >= 4 is 23.9 Å². The first-order valence-corrected chi connectivity index (χ1v) is 15.3. The molecule has 0 aromatic rings. The van der Waals surface area contributed by atoms with E-state index in [4.69, 9.17) is 14.9 Å². The van der Waals surface area contributed by atoms with Crippen molar-refractivity contribution in [1.82, 2.24) is 0 Å². The number of ether oxygens (including phenoxy) is 2. The van der Waals surface area contributed by atoms with Crippen LogP contribution >= 0.6 is 0 Å². The third-order valence-electron chi connectivity index (χ3n) is 6.04. The maximum atomic E-state index is 11.2. The lowest BCUT2D eigenvalue weighted by molar-refractivity contribution is -0.139. The summed E-state index contributed by atoms with van der Waals surface area (Å²) in [7, 11) is 1.24. The highest BCUT2D eigenvalue weighted by molar-refractivity contribution is 5.88. The molecule has 0 aromatic heterocycles. The number of allylic oxidation sites excluding steroid dienone is 1. The van der Waals surface area contributed by atoms with E-state index in [1.807, 2.05) is 0 Å². The van der Waals surface area contributed by atoms with Gasteiger partial charge in [0.2, 0.25) is 0 Å². The zero-order valence-electron chi connectivity index (χ0n) is 26.8. The fourth-order valence-corrected chi connectivity index (χ4v) is 3.47. The van der Waals surface area contributed by atoms with Crippen molar-refractivity contribution in [3.8, 4) is 0 Å². The molecule has 0 atom stereocenters. The average molecular weight is 595 g/mol. The van der Waals surface area contributed by atoms with Gasteiger partial charge in [0.05, 0.1) is 13.7 Å². The van der Waals surface area contributed by atoms with Gasteiger partial charge in [-0.1, -0.05) is 129 Å². The molecule has 242 valence electrons. The van der Waals surface area contributed by atoms with E-state index in [2.05, 4.69) is 31.4 Å². The molecule has 0 aliphatic carbocycles. The van der Waals surface area contributed by atoms with Gasteiger partial charge in [0.1, 0.15) is 0 Å². The van der Waals surface area contributed by atoms with Crippen LogP contribution in [0.4, 0.5) is 0 Å². The number of esters is 2. The standard InChI is InChI=1S/C22H42O2.C8H10O4.C4H6O2/c1-4-5-6-7-8-9-10-11-12-13-14-15-16-17-18-19-20-24-22(23)21(2)3;1-6(8(11)12-2)4-3-5-7(9)10;1-3(2)4(5)6/h2,4-20H2,1,3H3;3,5H,1,4H2,2H3,(H,9,10);1H2,2H3,(H,5,6). The summed E-state index contributed by atoms with van der Waals surface area (Å²) in [5.74, 6) is -2.76. The Morgan fingerprint density at radius 1 is 0.643 bits per heavy atom. The van der Waals surface area contributed by atoms with E-state index in [1.165, 1.54) is 116 Å². The van der Waals surface area contributed by atoms with E-state index in [0.29, 0.717) is 12.2 Å². The topological polar surface area (TPSA) is 127 Å². The minimum atomic E-state index is -1.05. The van der Waals surface area contributed by atoms with E-state index in [9.17, 15) is 19.2 Å². The lowest BCUT2D eigenvalue weighted by Crippen LogP contribution is -2.05. The molecule has 8 nitrogen and oxygen atoms in total. The van der Waals surface area contributed by atoms with Crippen LogP contribution in [0.1, 0.15) is 130 Å². The van der Waals surface area contributed by atoms with E-state index < -0.39 is 17.9 Å². The minimum Gasteiger partial charge on any atom is -0.478 e. The number of rotatable bonds is 23. The van der Waals surface area contributed by atoms with E-state index in [1.54, 1.807) is 6.92 Å². The summed E-state index contributed by atoms with van der Waals surface area (Å²) in [5.41, 5.74) is 0.900. The first-order valence-electron chi connectivity index (χ1n) is 15.3. The normalized spacial score (nSPS) is 10.0. The third kappa shape index (κ3) is 36.8. The molecule has 0 aliphatic heterocycles. The number of methoxy groups -OCH3 is 1. The number of carboxylic acids is 2. The molecule has 0 amide bonds. The summed E-state index contributed by atoms with van der Waals surface area (Å²) in [4.78, 5) is 41.5. The summed E-state index contributed by atoms with van der Waals surface area (Å²) in [6, 6.07) is 0. The molecule has 2 N–H and O–H groups in total. The van der Waals surface area contributed by atoms with Gasteiger partial charge in [0, 0.05) is 22.8 Å². The van der Waals surface area contributed by atoms with Crippen molar-refractivity contribution in [3.05, 3.63) is 48.6 Å². The summed E-state index contributed by atoms with van der Waals surface area (Å²) in [5, 5.41) is 16.1. The molecule has 0 bridgehead atoms. The number of carbonyl (C=O) groups is 4.